The van der Waals surface area contributed by atoms with Crippen LogP contribution in [0.1, 0.15) is 12.0 Å². The van der Waals surface area contributed by atoms with Crippen LogP contribution in [0.5, 0.6) is 0 Å². The van der Waals surface area contributed by atoms with Crippen molar-refractivity contribution >= 4 is 17.8 Å². The van der Waals surface area contributed by atoms with Crippen LogP contribution in [0.2, 0.25) is 0 Å². The molecule has 3 aliphatic rings. The van der Waals surface area contributed by atoms with E-state index in [9.17, 15) is 19.5 Å². The molecule has 1 N–H and O–H groups in total. The summed E-state index contributed by atoms with van der Waals surface area (Å²) in [5.41, 5.74) is 0.804. The van der Waals surface area contributed by atoms with E-state index in [1.54, 1.807) is 0 Å². The minimum atomic E-state index is -1.13. The van der Waals surface area contributed by atoms with Gasteiger partial charge < -0.3 is 5.11 Å². The van der Waals surface area contributed by atoms with Crippen LogP contribution in [-0.2, 0) is 20.8 Å². The summed E-state index contributed by atoms with van der Waals surface area (Å²) in [6.45, 7) is 0. The lowest BCUT2D eigenvalue weighted by Gasteiger charge is -2.24. The Hall–Kier alpha value is -2.43. The van der Waals surface area contributed by atoms with E-state index < -0.39 is 12.0 Å². The number of allylic oxidation sites excluding steroid dienone is 2. The van der Waals surface area contributed by atoms with E-state index in [1.807, 2.05) is 42.5 Å². The Bertz CT molecular complexity index is 681. The van der Waals surface area contributed by atoms with Crippen molar-refractivity contribution in [2.75, 3.05) is 0 Å². The summed E-state index contributed by atoms with van der Waals surface area (Å²) in [7, 11) is 0. The summed E-state index contributed by atoms with van der Waals surface area (Å²) in [5, 5.41) is 9.58. The van der Waals surface area contributed by atoms with Crippen LogP contribution in [-0.4, -0.2) is 33.8 Å². The second kappa shape index (κ2) is 5.05. The van der Waals surface area contributed by atoms with Crippen molar-refractivity contribution in [2.24, 2.45) is 23.7 Å². The normalized spacial score (nSPS) is 32.4. The van der Waals surface area contributed by atoms with Gasteiger partial charge in [0.05, 0.1) is 11.8 Å². The molecule has 5 heteroatoms. The maximum Gasteiger partial charge on any atom is 0.327 e. The van der Waals surface area contributed by atoms with Gasteiger partial charge in [-0.05, 0) is 23.8 Å². The van der Waals surface area contributed by atoms with Crippen molar-refractivity contribution in [1.82, 2.24) is 4.90 Å². The number of imide groups is 1. The Morgan fingerprint density at radius 2 is 1.65 bits per heavy atom. The zero-order chi connectivity index (χ0) is 16.1. The second-order valence-electron chi connectivity index (χ2n) is 6.59. The van der Waals surface area contributed by atoms with Crippen LogP contribution in [0.25, 0.3) is 0 Å². The van der Waals surface area contributed by atoms with E-state index in [0.717, 1.165) is 16.9 Å². The molecule has 5 atom stereocenters. The van der Waals surface area contributed by atoms with Crippen LogP contribution in [0.3, 0.4) is 0 Å². The molecule has 0 aromatic heterocycles. The largest absolute Gasteiger partial charge is 0.480 e. The van der Waals surface area contributed by atoms with Crippen LogP contribution in [0, 0.1) is 23.7 Å². The van der Waals surface area contributed by atoms with E-state index in [2.05, 4.69) is 0 Å². The standard InChI is InChI=1S/C18H17NO4/c20-16-14-11-6-7-12(9-11)15(14)17(21)19(16)13(18(22)23)8-10-4-2-1-3-5-10/h1-7,11-15H,8-9H2,(H,22,23)/t11-,12+,13-,14-,15+/m1/s1. The summed E-state index contributed by atoms with van der Waals surface area (Å²) in [6, 6.07) is 7.99. The predicted molar refractivity (Wildman–Crippen MR) is 81.1 cm³/mol. The van der Waals surface area contributed by atoms with Gasteiger partial charge in [-0.15, -0.1) is 0 Å². The minimum absolute atomic E-state index is 0.0950. The lowest BCUT2D eigenvalue weighted by molar-refractivity contribution is -0.155. The first-order chi connectivity index (χ1) is 11.1. The van der Waals surface area contributed by atoms with Crippen LogP contribution in [0.15, 0.2) is 42.5 Å². The molecule has 2 aliphatic carbocycles. The van der Waals surface area contributed by atoms with Gasteiger partial charge in [-0.3, -0.25) is 14.5 Å². The lowest BCUT2D eigenvalue weighted by Crippen LogP contribution is -2.47. The molecular weight excluding hydrogens is 294 g/mol. The van der Waals surface area contributed by atoms with Gasteiger partial charge in [0.15, 0.2) is 0 Å². The number of carboxylic acid groups (broad SMARTS) is 1. The number of hydrogen-bond acceptors (Lipinski definition) is 3. The number of fused-ring (bicyclic) bond motifs is 5. The third-order valence-corrected chi connectivity index (χ3v) is 5.37. The molecule has 2 amide bonds. The third kappa shape index (κ3) is 2.03. The summed E-state index contributed by atoms with van der Waals surface area (Å²) in [5.74, 6) is -2.25. The van der Waals surface area contributed by atoms with Gasteiger partial charge in [0.2, 0.25) is 11.8 Å². The molecule has 2 bridgehead atoms. The Balaban J connectivity index is 1.64. The summed E-state index contributed by atoms with van der Waals surface area (Å²) < 4.78 is 0. The quantitative estimate of drug-likeness (QED) is 0.675. The van der Waals surface area contributed by atoms with Crippen molar-refractivity contribution < 1.29 is 19.5 Å². The minimum Gasteiger partial charge on any atom is -0.480 e. The van der Waals surface area contributed by atoms with E-state index in [1.165, 1.54) is 0 Å². The SMILES string of the molecule is O=C(O)[C@@H](Cc1ccccc1)N1C(=O)[C@@H]2[C@H](C1=O)[C@@H]1C=C[C@H]2C1. The van der Waals surface area contributed by atoms with Gasteiger partial charge in [-0.1, -0.05) is 42.5 Å². The van der Waals surface area contributed by atoms with Crippen molar-refractivity contribution in [3.8, 4) is 0 Å². The highest BCUT2D eigenvalue weighted by Crippen LogP contribution is 2.52. The Labute approximate surface area is 133 Å². The zero-order valence-corrected chi connectivity index (χ0v) is 12.5. The number of carboxylic acids is 1. The van der Waals surface area contributed by atoms with Gasteiger partial charge >= 0.3 is 5.97 Å². The molecule has 23 heavy (non-hydrogen) atoms. The number of rotatable bonds is 4. The average Bonchev–Trinajstić information content (AvgIpc) is 3.21. The lowest BCUT2D eigenvalue weighted by atomic mass is 9.85. The summed E-state index contributed by atoms with van der Waals surface area (Å²) >= 11 is 0. The number of benzene rings is 1. The molecule has 1 heterocycles. The zero-order valence-electron chi connectivity index (χ0n) is 12.5. The number of nitrogens with zero attached hydrogens (tertiary/aromatic N) is 1. The van der Waals surface area contributed by atoms with Gasteiger partial charge in [0.25, 0.3) is 0 Å². The smallest absolute Gasteiger partial charge is 0.327 e. The van der Waals surface area contributed by atoms with Gasteiger partial charge in [0.1, 0.15) is 6.04 Å². The van der Waals surface area contributed by atoms with Crippen LogP contribution in [0.4, 0.5) is 0 Å². The maximum absolute atomic E-state index is 12.7. The molecule has 1 saturated heterocycles. The number of carbonyl (C=O) groups is 3. The molecule has 1 aromatic rings. The molecule has 2 fully saturated rings. The van der Waals surface area contributed by atoms with Crippen molar-refractivity contribution in [2.45, 2.75) is 18.9 Å². The van der Waals surface area contributed by atoms with Crippen LogP contribution < -0.4 is 0 Å². The first kappa shape index (κ1) is 14.2. The van der Waals surface area contributed by atoms with Gasteiger partial charge in [-0.2, -0.15) is 0 Å². The summed E-state index contributed by atoms with van der Waals surface area (Å²) in [6.07, 6.45) is 5.01. The van der Waals surface area contributed by atoms with Gasteiger partial charge in [0, 0.05) is 6.42 Å². The Morgan fingerprint density at radius 3 is 2.17 bits per heavy atom. The molecule has 4 rings (SSSR count). The van der Waals surface area contributed by atoms with Gasteiger partial charge in [-0.25, -0.2) is 4.79 Å². The fourth-order valence-corrected chi connectivity index (χ4v) is 4.36. The fraction of sp³-hybridized carbons (Fsp3) is 0.389. The number of aliphatic carboxylic acids is 1. The van der Waals surface area contributed by atoms with Crippen LogP contribution >= 0.6 is 0 Å². The van der Waals surface area contributed by atoms with Crippen molar-refractivity contribution in [3.63, 3.8) is 0 Å². The topological polar surface area (TPSA) is 74.7 Å². The second-order valence-corrected chi connectivity index (χ2v) is 6.59. The predicted octanol–water partition coefficient (Wildman–Crippen LogP) is 1.49. The van der Waals surface area contributed by atoms with E-state index in [-0.39, 0.29) is 41.9 Å². The van der Waals surface area contributed by atoms with Crippen molar-refractivity contribution in [1.29, 1.82) is 0 Å². The molecule has 5 nitrogen and oxygen atoms in total. The number of likely N-dealkylation sites (tertiary alicyclic amines) is 1. The molecule has 118 valence electrons. The molecule has 0 spiro atoms. The molecule has 1 aliphatic heterocycles. The third-order valence-electron chi connectivity index (χ3n) is 5.37. The number of hydrogen-bond donors (Lipinski definition) is 1. The van der Waals surface area contributed by atoms with E-state index >= 15 is 0 Å². The molecular formula is C18H17NO4. The number of carbonyl (C=O) groups excluding carboxylic acids is 2. The fourth-order valence-electron chi connectivity index (χ4n) is 4.36. The maximum atomic E-state index is 12.7. The molecule has 0 unspecified atom stereocenters. The molecule has 1 aromatic carbocycles. The summed E-state index contributed by atoms with van der Waals surface area (Å²) in [4.78, 5) is 38.2. The highest BCUT2D eigenvalue weighted by Gasteiger charge is 2.61. The first-order valence-electron chi connectivity index (χ1n) is 7.90. The monoisotopic (exact) mass is 311 g/mol. The van der Waals surface area contributed by atoms with E-state index in [0.29, 0.717) is 0 Å². The highest BCUT2D eigenvalue weighted by molar-refractivity contribution is 6.08. The number of amides is 2. The van der Waals surface area contributed by atoms with Crippen molar-refractivity contribution in [3.05, 3.63) is 48.0 Å². The first-order valence-corrected chi connectivity index (χ1v) is 7.90. The Morgan fingerprint density at radius 1 is 1.09 bits per heavy atom. The molecule has 0 radical (unpaired) electrons. The van der Waals surface area contributed by atoms with E-state index in [4.69, 9.17) is 0 Å². The Kier molecular flexibility index (Phi) is 3.11. The molecule has 1 saturated carbocycles. The highest BCUT2D eigenvalue weighted by atomic mass is 16.4. The average molecular weight is 311 g/mol.